The van der Waals surface area contributed by atoms with Crippen LogP contribution in [0.3, 0.4) is 0 Å². The Morgan fingerprint density at radius 2 is 1.42 bits per heavy atom. The summed E-state index contributed by atoms with van der Waals surface area (Å²) in [7, 11) is 3.26. The molecule has 2 aliphatic heterocycles. The summed E-state index contributed by atoms with van der Waals surface area (Å²) in [5.41, 5.74) is 10.1. The van der Waals surface area contributed by atoms with E-state index >= 15 is 0 Å². The van der Waals surface area contributed by atoms with E-state index in [4.69, 9.17) is 36.3 Å². The number of morpholine rings is 2. The highest BCUT2D eigenvalue weighted by molar-refractivity contribution is 7.23. The van der Waals surface area contributed by atoms with Gasteiger partial charge in [-0.2, -0.15) is 0 Å². The summed E-state index contributed by atoms with van der Waals surface area (Å²) in [6.45, 7) is 6.35. The molecular weight excluding hydrogens is 638 g/mol. The van der Waals surface area contributed by atoms with Crippen molar-refractivity contribution >= 4 is 82.3 Å². The lowest BCUT2D eigenvalue weighted by Crippen LogP contribution is -2.36. The van der Waals surface area contributed by atoms with Crippen LogP contribution in [0.1, 0.15) is 10.4 Å². The second-order valence-corrected chi connectivity index (χ2v) is 12.4. The smallest absolute Gasteiger partial charge is 0.257 e. The van der Waals surface area contributed by atoms with E-state index in [-0.39, 0.29) is 11.1 Å². The highest BCUT2D eigenvalue weighted by Crippen LogP contribution is 2.40. The Morgan fingerprint density at radius 1 is 0.867 bits per heavy atom. The maximum absolute atomic E-state index is 12.5. The number of hydrogen-bond donors (Lipinski definition) is 2. The zero-order valence-corrected chi connectivity index (χ0v) is 27.1. The molecule has 1 amide bonds. The van der Waals surface area contributed by atoms with E-state index in [1.54, 1.807) is 20.3 Å². The largest absolute Gasteiger partial charge is 0.494 e. The monoisotopic (exact) mass is 669 g/mol. The maximum Gasteiger partial charge on any atom is 0.257 e. The number of pyridine rings is 1. The summed E-state index contributed by atoms with van der Waals surface area (Å²) < 4.78 is 23.7. The average molecular weight is 670 g/mol. The lowest BCUT2D eigenvalue weighted by molar-refractivity contribution is 0.102. The number of rotatable bonds is 6. The van der Waals surface area contributed by atoms with Crippen molar-refractivity contribution in [3.8, 4) is 11.5 Å². The van der Waals surface area contributed by atoms with Crippen LogP contribution in [0.15, 0.2) is 42.6 Å². The van der Waals surface area contributed by atoms with E-state index in [1.807, 2.05) is 18.2 Å². The predicted molar refractivity (Wildman–Crippen MR) is 180 cm³/mol. The first-order chi connectivity index (χ1) is 21.9. The van der Waals surface area contributed by atoms with Crippen molar-refractivity contribution in [3.05, 3.63) is 53.3 Å². The minimum absolute atomic E-state index is 0.267. The molecule has 2 saturated heterocycles. The topological polar surface area (TPSA) is 137 Å². The third-order valence-corrected chi connectivity index (χ3v) is 9.45. The van der Waals surface area contributed by atoms with Gasteiger partial charge in [0, 0.05) is 37.9 Å². The molecule has 0 aliphatic carbocycles. The standard InChI is InChI=1S/C18H17ClN4O3S.C12H15N3O2S/c1-25-13-3-2-12(23-6-8-26-9-7-23)16-15(13)21-18(27-16)22-17(24)11-4-5-20-14(19)10-11;1-16-9-3-2-8(15-4-6-17-7-5-15)11-10(9)14-12(13)18-11/h2-5,10H,6-9H2,1H3,(H,21,22,24);2-3H,4-7H2,1H3,(H2,13,14). The number of nitrogens with one attached hydrogen (secondary N) is 1. The first-order valence-electron chi connectivity index (χ1n) is 14.2. The van der Waals surface area contributed by atoms with Gasteiger partial charge in [0.05, 0.1) is 61.4 Å². The molecule has 2 fully saturated rings. The molecule has 0 saturated carbocycles. The molecule has 0 spiro atoms. The minimum atomic E-state index is -0.287. The SMILES string of the molecule is COc1ccc(N2CCOCC2)c2sc(N)nc12.COc1ccc(N2CCOCC2)c2sc(NC(=O)c3ccnc(Cl)c3)nc12. The fourth-order valence-electron chi connectivity index (χ4n) is 5.16. The number of carbonyl (C=O) groups excluding carboxylic acids is 1. The minimum Gasteiger partial charge on any atom is -0.494 e. The van der Waals surface area contributed by atoms with Crippen LogP contribution in [0.4, 0.5) is 21.6 Å². The van der Waals surface area contributed by atoms with Gasteiger partial charge in [0.2, 0.25) is 0 Å². The Labute approximate surface area is 272 Å². The van der Waals surface area contributed by atoms with Crippen LogP contribution >= 0.6 is 34.3 Å². The van der Waals surface area contributed by atoms with Gasteiger partial charge in [-0.3, -0.25) is 10.1 Å². The zero-order chi connectivity index (χ0) is 31.3. The number of carbonyl (C=O) groups is 1. The summed E-state index contributed by atoms with van der Waals surface area (Å²) in [5.74, 6) is 1.16. The number of benzene rings is 2. The second kappa shape index (κ2) is 14.0. The molecule has 236 valence electrons. The van der Waals surface area contributed by atoms with Crippen molar-refractivity contribution in [3.63, 3.8) is 0 Å². The zero-order valence-electron chi connectivity index (χ0n) is 24.7. The van der Waals surface area contributed by atoms with E-state index in [1.165, 1.54) is 40.6 Å². The van der Waals surface area contributed by atoms with E-state index in [2.05, 4.69) is 36.1 Å². The lowest BCUT2D eigenvalue weighted by Gasteiger charge is -2.29. The van der Waals surface area contributed by atoms with E-state index in [0.29, 0.717) is 34.8 Å². The number of ether oxygens (including phenoxy) is 4. The number of amides is 1. The van der Waals surface area contributed by atoms with Crippen molar-refractivity contribution in [2.45, 2.75) is 0 Å². The van der Waals surface area contributed by atoms with Gasteiger partial charge in [-0.05, 0) is 36.4 Å². The summed E-state index contributed by atoms with van der Waals surface area (Å²) in [5, 5.41) is 4.18. The molecule has 0 radical (unpaired) electrons. The lowest BCUT2D eigenvalue weighted by atomic mass is 10.2. The Balaban J connectivity index is 0.000000172. The molecule has 3 aromatic heterocycles. The summed E-state index contributed by atoms with van der Waals surface area (Å²) in [6, 6.07) is 11.1. The van der Waals surface area contributed by atoms with E-state index < -0.39 is 0 Å². The van der Waals surface area contributed by atoms with Gasteiger partial charge in [-0.15, -0.1) is 0 Å². The normalized spacial score (nSPS) is 15.1. The molecule has 5 heterocycles. The Morgan fingerprint density at radius 3 is 1.98 bits per heavy atom. The Hall–Kier alpha value is -3.95. The number of nitrogens with zero attached hydrogens (tertiary/aromatic N) is 5. The molecule has 15 heteroatoms. The highest BCUT2D eigenvalue weighted by atomic mass is 35.5. The predicted octanol–water partition coefficient (Wildman–Crippen LogP) is 5.17. The van der Waals surface area contributed by atoms with Crippen molar-refractivity contribution in [1.82, 2.24) is 15.0 Å². The van der Waals surface area contributed by atoms with E-state index in [9.17, 15) is 4.79 Å². The number of hydrogen-bond acceptors (Lipinski definition) is 13. The van der Waals surface area contributed by atoms with E-state index in [0.717, 1.165) is 71.3 Å². The van der Waals surface area contributed by atoms with Gasteiger partial charge in [-0.1, -0.05) is 34.3 Å². The molecule has 3 N–H and O–H groups in total. The molecule has 2 aliphatic rings. The Bertz CT molecular complexity index is 1800. The number of nitrogens with two attached hydrogens (primary N) is 1. The average Bonchev–Trinajstić information content (AvgIpc) is 3.68. The molecular formula is C30H32ClN7O5S2. The molecule has 5 aromatic rings. The van der Waals surface area contributed by atoms with Crippen molar-refractivity contribution in [1.29, 1.82) is 0 Å². The number of halogens is 1. The van der Waals surface area contributed by atoms with Gasteiger partial charge in [-0.25, -0.2) is 15.0 Å². The van der Waals surface area contributed by atoms with Crippen LogP contribution in [0.5, 0.6) is 11.5 Å². The number of methoxy groups -OCH3 is 2. The summed E-state index contributed by atoms with van der Waals surface area (Å²) in [6.07, 6.45) is 1.50. The van der Waals surface area contributed by atoms with Crippen LogP contribution in [-0.2, 0) is 9.47 Å². The fourth-order valence-corrected chi connectivity index (χ4v) is 7.24. The van der Waals surface area contributed by atoms with Crippen molar-refractivity contribution in [2.24, 2.45) is 0 Å². The number of fused-ring (bicyclic) bond motifs is 2. The second-order valence-electron chi connectivity index (χ2n) is 10.0. The summed E-state index contributed by atoms with van der Waals surface area (Å²) >= 11 is 8.79. The third-order valence-electron chi connectivity index (χ3n) is 7.34. The maximum atomic E-state index is 12.5. The third kappa shape index (κ3) is 6.84. The van der Waals surface area contributed by atoms with Crippen LogP contribution < -0.4 is 30.3 Å². The van der Waals surface area contributed by atoms with Crippen LogP contribution in [0.2, 0.25) is 5.15 Å². The number of anilines is 4. The molecule has 2 aromatic carbocycles. The molecule has 0 bridgehead atoms. The number of thiazole rings is 2. The van der Waals surface area contributed by atoms with Gasteiger partial charge < -0.3 is 34.5 Å². The van der Waals surface area contributed by atoms with Crippen molar-refractivity contribution < 1.29 is 23.7 Å². The molecule has 7 rings (SSSR count). The molecule has 45 heavy (non-hydrogen) atoms. The summed E-state index contributed by atoms with van der Waals surface area (Å²) in [4.78, 5) is 29.9. The molecule has 0 unspecified atom stereocenters. The first-order valence-corrected chi connectivity index (χ1v) is 16.2. The van der Waals surface area contributed by atoms with Gasteiger partial charge in [0.15, 0.2) is 10.3 Å². The van der Waals surface area contributed by atoms with Gasteiger partial charge in [0.1, 0.15) is 27.7 Å². The molecule has 12 nitrogen and oxygen atoms in total. The first kappa shape index (κ1) is 31.0. The number of aromatic nitrogens is 3. The number of nitrogen functional groups attached to an aromatic ring is 1. The van der Waals surface area contributed by atoms with Gasteiger partial charge >= 0.3 is 0 Å². The quantitative estimate of drug-likeness (QED) is 0.232. The molecule has 0 atom stereocenters. The van der Waals surface area contributed by atoms with Crippen LogP contribution in [0, 0.1) is 0 Å². The highest BCUT2D eigenvalue weighted by Gasteiger charge is 2.21. The fraction of sp³-hybridized carbons (Fsp3) is 0.333. The van der Waals surface area contributed by atoms with Crippen molar-refractivity contribution in [2.75, 3.05) is 87.7 Å². The van der Waals surface area contributed by atoms with Crippen LogP contribution in [-0.4, -0.2) is 87.7 Å². The van der Waals surface area contributed by atoms with Crippen LogP contribution in [0.25, 0.3) is 20.4 Å². The Kier molecular flexibility index (Phi) is 9.66. The van der Waals surface area contributed by atoms with Gasteiger partial charge in [0.25, 0.3) is 5.91 Å².